The molecule has 0 bridgehead atoms. The highest BCUT2D eigenvalue weighted by Gasteiger charge is 2.17. The predicted molar refractivity (Wildman–Crippen MR) is 91.5 cm³/mol. The lowest BCUT2D eigenvalue weighted by Gasteiger charge is -2.31. The summed E-state index contributed by atoms with van der Waals surface area (Å²) in [5, 5.41) is 12.5. The zero-order chi connectivity index (χ0) is 15.1. The minimum Gasteiger partial charge on any atom is -0.384 e. The van der Waals surface area contributed by atoms with Gasteiger partial charge >= 0.3 is 0 Å². The van der Waals surface area contributed by atoms with Crippen molar-refractivity contribution in [2.24, 2.45) is 0 Å². The van der Waals surface area contributed by atoms with Crippen LogP contribution >= 0.6 is 15.9 Å². The van der Waals surface area contributed by atoms with Gasteiger partial charge in [-0.25, -0.2) is 0 Å². The number of nitrogens with one attached hydrogen (secondary N) is 1. The summed E-state index contributed by atoms with van der Waals surface area (Å²) in [6.45, 7) is 2.02. The molecule has 1 aromatic rings. The van der Waals surface area contributed by atoms with Crippen LogP contribution in [-0.4, -0.2) is 31.1 Å². The van der Waals surface area contributed by atoms with E-state index in [4.69, 9.17) is 5.26 Å². The number of nitrogens with zero attached hydrogens (tertiary/aromatic N) is 2. The monoisotopic (exact) mass is 349 g/mol. The van der Waals surface area contributed by atoms with Crippen molar-refractivity contribution in [1.29, 1.82) is 5.26 Å². The van der Waals surface area contributed by atoms with Crippen molar-refractivity contribution in [2.75, 3.05) is 25.5 Å². The fourth-order valence-corrected chi connectivity index (χ4v) is 3.38. The van der Waals surface area contributed by atoms with Gasteiger partial charge in [-0.2, -0.15) is 5.26 Å². The minimum atomic E-state index is 0.707. The van der Waals surface area contributed by atoms with Gasteiger partial charge in [0.15, 0.2) is 0 Å². The number of anilines is 1. The molecule has 0 atom stereocenters. The van der Waals surface area contributed by atoms with Crippen LogP contribution in [0.3, 0.4) is 0 Å². The summed E-state index contributed by atoms with van der Waals surface area (Å²) in [5.41, 5.74) is 1.63. The highest BCUT2D eigenvalue weighted by atomic mass is 79.9. The van der Waals surface area contributed by atoms with E-state index in [2.05, 4.69) is 39.3 Å². The summed E-state index contributed by atoms with van der Waals surface area (Å²) in [6.07, 6.45) is 7.99. The highest BCUT2D eigenvalue weighted by molar-refractivity contribution is 9.10. The van der Waals surface area contributed by atoms with Crippen LogP contribution < -0.4 is 5.32 Å². The van der Waals surface area contributed by atoms with Crippen molar-refractivity contribution in [3.05, 3.63) is 28.2 Å². The molecule has 1 aliphatic rings. The molecule has 1 N–H and O–H groups in total. The molecule has 0 radical (unpaired) electrons. The van der Waals surface area contributed by atoms with Crippen molar-refractivity contribution in [2.45, 2.75) is 44.6 Å². The van der Waals surface area contributed by atoms with Crippen molar-refractivity contribution in [3.63, 3.8) is 0 Å². The fraction of sp³-hybridized carbons (Fsp3) is 0.588. The van der Waals surface area contributed by atoms with Crippen LogP contribution in [0.15, 0.2) is 22.7 Å². The summed E-state index contributed by atoms with van der Waals surface area (Å²) in [6, 6.07) is 8.73. The van der Waals surface area contributed by atoms with E-state index in [9.17, 15) is 0 Å². The van der Waals surface area contributed by atoms with E-state index in [0.717, 1.165) is 35.7 Å². The van der Waals surface area contributed by atoms with Crippen LogP contribution in [0.4, 0.5) is 5.69 Å². The smallest absolute Gasteiger partial charge is 0.101 e. The molecule has 114 valence electrons. The van der Waals surface area contributed by atoms with E-state index >= 15 is 0 Å². The Labute approximate surface area is 136 Å². The summed E-state index contributed by atoms with van der Waals surface area (Å²) < 4.78 is 1.00. The first-order valence-corrected chi connectivity index (χ1v) is 8.64. The molecule has 1 aromatic carbocycles. The van der Waals surface area contributed by atoms with Gasteiger partial charge in [-0.15, -0.1) is 0 Å². The maximum Gasteiger partial charge on any atom is 0.101 e. The predicted octanol–water partition coefficient (Wildman–Crippen LogP) is 4.39. The lowest BCUT2D eigenvalue weighted by Crippen LogP contribution is -2.34. The van der Waals surface area contributed by atoms with E-state index in [0.29, 0.717) is 5.56 Å². The van der Waals surface area contributed by atoms with Crippen LogP contribution in [0.1, 0.15) is 44.1 Å². The van der Waals surface area contributed by atoms with Gasteiger partial charge in [0.1, 0.15) is 6.07 Å². The molecule has 3 nitrogen and oxygen atoms in total. The van der Waals surface area contributed by atoms with E-state index in [1.807, 2.05) is 18.2 Å². The third-order valence-corrected chi connectivity index (χ3v) is 4.80. The Balaban J connectivity index is 1.74. The summed E-state index contributed by atoms with van der Waals surface area (Å²) in [5.74, 6) is 0. The van der Waals surface area contributed by atoms with E-state index in [-0.39, 0.29) is 0 Å². The zero-order valence-corrected chi connectivity index (χ0v) is 14.3. The van der Waals surface area contributed by atoms with Gasteiger partial charge in [0, 0.05) is 17.1 Å². The molecule has 4 heteroatoms. The Morgan fingerprint density at radius 2 is 2.10 bits per heavy atom. The normalized spacial score (nSPS) is 15.9. The van der Waals surface area contributed by atoms with Crippen molar-refractivity contribution in [3.8, 4) is 6.07 Å². The minimum absolute atomic E-state index is 0.707. The molecule has 0 aliphatic heterocycles. The maximum atomic E-state index is 9.11. The molecule has 2 rings (SSSR count). The highest BCUT2D eigenvalue weighted by Crippen LogP contribution is 2.22. The molecule has 0 amide bonds. The maximum absolute atomic E-state index is 9.11. The molecule has 0 aromatic heterocycles. The van der Waals surface area contributed by atoms with Crippen LogP contribution in [0, 0.1) is 11.3 Å². The average Bonchev–Trinajstić information content (AvgIpc) is 2.52. The number of halogens is 1. The zero-order valence-electron chi connectivity index (χ0n) is 12.7. The number of rotatable bonds is 6. The van der Waals surface area contributed by atoms with Gasteiger partial charge in [-0.3, -0.25) is 0 Å². The standard InChI is InChI=1S/C17H24BrN3/c1-21(16-6-3-2-4-7-16)11-5-10-20-17-12-15(18)9-8-14(17)13-19/h8-9,12,16,20H,2-7,10-11H2,1H3. The molecular formula is C17H24BrN3. The lowest BCUT2D eigenvalue weighted by molar-refractivity contribution is 0.191. The Hall–Kier alpha value is -1.05. The van der Waals surface area contributed by atoms with Gasteiger partial charge in [0.2, 0.25) is 0 Å². The Kier molecular flexibility index (Phi) is 6.53. The Morgan fingerprint density at radius 3 is 2.81 bits per heavy atom. The van der Waals surface area contributed by atoms with Crippen LogP contribution in [0.2, 0.25) is 0 Å². The molecule has 0 spiro atoms. The van der Waals surface area contributed by atoms with E-state index in [1.54, 1.807) is 0 Å². The SMILES string of the molecule is CN(CCCNc1cc(Br)ccc1C#N)C1CCCCC1. The third kappa shape index (κ3) is 5.01. The number of benzene rings is 1. The van der Waals surface area contributed by atoms with Crippen LogP contribution in [0.5, 0.6) is 0 Å². The number of hydrogen-bond acceptors (Lipinski definition) is 3. The number of nitriles is 1. The summed E-state index contributed by atoms with van der Waals surface area (Å²) >= 11 is 3.45. The second-order valence-electron chi connectivity index (χ2n) is 5.85. The van der Waals surface area contributed by atoms with Gasteiger partial charge in [0.05, 0.1) is 11.3 Å². The van der Waals surface area contributed by atoms with Crippen LogP contribution in [-0.2, 0) is 0 Å². The third-order valence-electron chi connectivity index (χ3n) is 4.30. The Morgan fingerprint density at radius 1 is 1.33 bits per heavy atom. The van der Waals surface area contributed by atoms with Crippen molar-refractivity contribution in [1.82, 2.24) is 4.90 Å². The van der Waals surface area contributed by atoms with Gasteiger partial charge in [0.25, 0.3) is 0 Å². The average molecular weight is 350 g/mol. The second kappa shape index (κ2) is 8.41. The van der Waals surface area contributed by atoms with Gasteiger partial charge in [-0.05, 0) is 51.1 Å². The molecule has 0 saturated heterocycles. The topological polar surface area (TPSA) is 39.1 Å². The second-order valence-corrected chi connectivity index (χ2v) is 6.77. The van der Waals surface area contributed by atoms with Gasteiger partial charge in [-0.1, -0.05) is 35.2 Å². The molecule has 1 saturated carbocycles. The largest absolute Gasteiger partial charge is 0.384 e. The number of hydrogen-bond donors (Lipinski definition) is 1. The molecule has 21 heavy (non-hydrogen) atoms. The molecular weight excluding hydrogens is 326 g/mol. The molecule has 0 unspecified atom stereocenters. The first-order valence-electron chi connectivity index (χ1n) is 7.84. The molecule has 0 heterocycles. The lowest BCUT2D eigenvalue weighted by atomic mass is 9.94. The quantitative estimate of drug-likeness (QED) is 0.774. The first kappa shape index (κ1) is 16.3. The van der Waals surface area contributed by atoms with E-state index < -0.39 is 0 Å². The van der Waals surface area contributed by atoms with E-state index in [1.165, 1.54) is 32.1 Å². The summed E-state index contributed by atoms with van der Waals surface area (Å²) in [7, 11) is 2.25. The fourth-order valence-electron chi connectivity index (χ4n) is 3.02. The van der Waals surface area contributed by atoms with Crippen molar-refractivity contribution < 1.29 is 0 Å². The Bertz CT molecular complexity index is 489. The van der Waals surface area contributed by atoms with Gasteiger partial charge < -0.3 is 10.2 Å². The van der Waals surface area contributed by atoms with Crippen LogP contribution in [0.25, 0.3) is 0 Å². The first-order chi connectivity index (χ1) is 10.2. The molecule has 1 aliphatic carbocycles. The summed E-state index contributed by atoms with van der Waals surface area (Å²) in [4.78, 5) is 2.51. The molecule has 1 fully saturated rings. The van der Waals surface area contributed by atoms with Crippen molar-refractivity contribution >= 4 is 21.6 Å².